The number of sulfone groups is 1. The number of ether oxygens (including phenoxy) is 1. The maximum absolute atomic E-state index is 13.3. The summed E-state index contributed by atoms with van der Waals surface area (Å²) in [5.74, 6) is 0.795. The van der Waals surface area contributed by atoms with E-state index in [2.05, 4.69) is 31.3 Å². The standard InChI is InChI=1S/C22H29NO3S.ClH/c1-4-6-14-22(5-2)16-27(24,25)20-13-12-18(26-3)15-19(20)21(23-22)17-10-8-7-9-11-17;/h7-13,15,21,23H,4-6,14,16H2,1-3H3;1H/t21-,22+;/m0./s1. The minimum absolute atomic E-state index is 0. The van der Waals surface area contributed by atoms with Crippen molar-refractivity contribution in [2.45, 2.75) is 56.0 Å². The molecule has 4 nitrogen and oxygen atoms in total. The van der Waals surface area contributed by atoms with Gasteiger partial charge in [-0.15, -0.1) is 12.4 Å². The molecule has 0 spiro atoms. The van der Waals surface area contributed by atoms with Gasteiger partial charge in [0.05, 0.1) is 23.8 Å². The van der Waals surface area contributed by atoms with Crippen molar-refractivity contribution in [2.75, 3.05) is 12.9 Å². The minimum Gasteiger partial charge on any atom is -0.497 e. The fourth-order valence-electron chi connectivity index (χ4n) is 3.98. The van der Waals surface area contributed by atoms with Crippen molar-refractivity contribution in [3.8, 4) is 5.75 Å². The van der Waals surface area contributed by atoms with E-state index >= 15 is 0 Å². The number of nitrogens with one attached hydrogen (secondary N) is 1. The van der Waals surface area contributed by atoms with Crippen LogP contribution in [0.4, 0.5) is 0 Å². The van der Waals surface area contributed by atoms with Gasteiger partial charge in [-0.1, -0.05) is 57.0 Å². The van der Waals surface area contributed by atoms with Crippen LogP contribution in [-0.2, 0) is 9.84 Å². The molecule has 2 atom stereocenters. The number of halogens is 1. The molecule has 0 amide bonds. The largest absolute Gasteiger partial charge is 0.497 e. The minimum atomic E-state index is -3.41. The summed E-state index contributed by atoms with van der Waals surface area (Å²) in [5, 5.41) is 3.76. The quantitative estimate of drug-likeness (QED) is 0.716. The average molecular weight is 424 g/mol. The van der Waals surface area contributed by atoms with Gasteiger partial charge in [0.2, 0.25) is 0 Å². The van der Waals surface area contributed by atoms with E-state index in [-0.39, 0.29) is 24.2 Å². The molecule has 0 unspecified atom stereocenters. The predicted octanol–water partition coefficient (Wildman–Crippen LogP) is 4.92. The average Bonchev–Trinajstić information content (AvgIpc) is 2.79. The molecular weight excluding hydrogens is 394 g/mol. The molecule has 28 heavy (non-hydrogen) atoms. The molecule has 1 aliphatic heterocycles. The highest BCUT2D eigenvalue weighted by Gasteiger charge is 2.41. The molecule has 1 aliphatic rings. The molecule has 0 fully saturated rings. The predicted molar refractivity (Wildman–Crippen MR) is 116 cm³/mol. The smallest absolute Gasteiger partial charge is 0.180 e. The van der Waals surface area contributed by atoms with Crippen LogP contribution in [0.2, 0.25) is 0 Å². The summed E-state index contributed by atoms with van der Waals surface area (Å²) in [5.41, 5.74) is 1.40. The summed E-state index contributed by atoms with van der Waals surface area (Å²) >= 11 is 0. The summed E-state index contributed by atoms with van der Waals surface area (Å²) < 4.78 is 32.0. The van der Waals surface area contributed by atoms with Crippen LogP contribution in [0.3, 0.4) is 0 Å². The van der Waals surface area contributed by atoms with Crippen molar-refractivity contribution < 1.29 is 13.2 Å². The molecule has 0 saturated carbocycles. The molecule has 0 bridgehead atoms. The van der Waals surface area contributed by atoms with E-state index in [9.17, 15) is 8.42 Å². The Balaban J connectivity index is 0.00000280. The normalized spacial score (nSPS) is 23.2. The molecule has 0 radical (unpaired) electrons. The van der Waals surface area contributed by atoms with Crippen LogP contribution in [0, 0.1) is 0 Å². The second-order valence-electron chi connectivity index (χ2n) is 7.39. The van der Waals surface area contributed by atoms with Gasteiger partial charge in [0.1, 0.15) is 5.75 Å². The Morgan fingerprint density at radius 2 is 1.86 bits per heavy atom. The lowest BCUT2D eigenvalue weighted by Crippen LogP contribution is -2.50. The Morgan fingerprint density at radius 1 is 1.14 bits per heavy atom. The lowest BCUT2D eigenvalue weighted by molar-refractivity contribution is 0.294. The highest BCUT2D eigenvalue weighted by molar-refractivity contribution is 7.91. The number of benzene rings is 2. The van der Waals surface area contributed by atoms with Crippen LogP contribution in [0.15, 0.2) is 53.4 Å². The van der Waals surface area contributed by atoms with Crippen LogP contribution in [0.25, 0.3) is 0 Å². The van der Waals surface area contributed by atoms with Crippen LogP contribution in [0.5, 0.6) is 5.75 Å². The number of rotatable bonds is 6. The van der Waals surface area contributed by atoms with Crippen LogP contribution in [0.1, 0.15) is 56.7 Å². The van der Waals surface area contributed by atoms with E-state index < -0.39 is 15.4 Å². The SMILES string of the molecule is CCCC[C@]1(CC)CS(=O)(=O)c2ccc(OC)cc2[C@H](c2ccccc2)N1.Cl. The Bertz CT molecular complexity index is 886. The molecule has 2 aromatic rings. The van der Waals surface area contributed by atoms with Gasteiger partial charge in [-0.3, -0.25) is 5.32 Å². The topological polar surface area (TPSA) is 55.4 Å². The van der Waals surface area contributed by atoms with Crippen molar-refractivity contribution in [2.24, 2.45) is 0 Å². The molecular formula is C22H30ClNO3S. The molecule has 154 valence electrons. The third-order valence-electron chi connectivity index (χ3n) is 5.60. The van der Waals surface area contributed by atoms with Crippen molar-refractivity contribution in [3.05, 3.63) is 59.7 Å². The van der Waals surface area contributed by atoms with E-state index in [0.29, 0.717) is 10.6 Å². The number of hydrogen-bond donors (Lipinski definition) is 1. The maximum atomic E-state index is 13.3. The summed E-state index contributed by atoms with van der Waals surface area (Å²) in [4.78, 5) is 0.413. The van der Waals surface area contributed by atoms with Crippen molar-refractivity contribution in [3.63, 3.8) is 0 Å². The van der Waals surface area contributed by atoms with Gasteiger partial charge in [0.15, 0.2) is 9.84 Å². The van der Waals surface area contributed by atoms with Crippen molar-refractivity contribution in [1.82, 2.24) is 5.32 Å². The van der Waals surface area contributed by atoms with Crippen molar-refractivity contribution in [1.29, 1.82) is 0 Å². The van der Waals surface area contributed by atoms with Crippen LogP contribution < -0.4 is 10.1 Å². The van der Waals surface area contributed by atoms with E-state index in [4.69, 9.17) is 4.74 Å². The Hall–Kier alpha value is -1.56. The van der Waals surface area contributed by atoms with Gasteiger partial charge in [-0.05, 0) is 42.2 Å². The van der Waals surface area contributed by atoms with E-state index in [0.717, 1.165) is 36.8 Å². The number of unbranched alkanes of at least 4 members (excludes halogenated alkanes) is 1. The first kappa shape index (κ1) is 22.7. The molecule has 0 aromatic heterocycles. The lowest BCUT2D eigenvalue weighted by Gasteiger charge is -2.36. The number of fused-ring (bicyclic) bond motifs is 1. The first-order valence-corrected chi connectivity index (χ1v) is 11.3. The first-order valence-electron chi connectivity index (χ1n) is 9.68. The fraction of sp³-hybridized carbons (Fsp3) is 0.455. The third-order valence-corrected chi connectivity index (χ3v) is 7.57. The highest BCUT2D eigenvalue weighted by atomic mass is 35.5. The van der Waals surface area contributed by atoms with Crippen molar-refractivity contribution >= 4 is 22.2 Å². The molecule has 3 rings (SSSR count). The first-order chi connectivity index (χ1) is 12.9. The van der Waals surface area contributed by atoms with Gasteiger partial charge in [-0.2, -0.15) is 0 Å². The summed E-state index contributed by atoms with van der Waals surface area (Å²) in [6, 6.07) is 15.2. The lowest BCUT2D eigenvalue weighted by atomic mass is 9.88. The zero-order valence-electron chi connectivity index (χ0n) is 16.8. The molecule has 1 N–H and O–H groups in total. The monoisotopic (exact) mass is 423 g/mol. The Labute approximate surface area is 175 Å². The van der Waals surface area contributed by atoms with Gasteiger partial charge >= 0.3 is 0 Å². The molecule has 1 heterocycles. The highest BCUT2D eigenvalue weighted by Crippen LogP contribution is 2.39. The van der Waals surface area contributed by atoms with Crippen LogP contribution >= 0.6 is 12.4 Å². The Morgan fingerprint density at radius 3 is 2.46 bits per heavy atom. The van der Waals surface area contributed by atoms with E-state index in [1.165, 1.54) is 0 Å². The Kier molecular flexibility index (Phi) is 7.54. The molecule has 6 heteroatoms. The second kappa shape index (κ2) is 9.29. The summed E-state index contributed by atoms with van der Waals surface area (Å²) in [7, 11) is -1.81. The van der Waals surface area contributed by atoms with E-state index in [1.54, 1.807) is 19.2 Å². The zero-order valence-corrected chi connectivity index (χ0v) is 18.4. The fourth-order valence-corrected chi connectivity index (χ4v) is 6.10. The summed E-state index contributed by atoms with van der Waals surface area (Å²) in [6.45, 7) is 4.22. The van der Waals surface area contributed by atoms with Gasteiger partial charge in [-0.25, -0.2) is 8.42 Å². The van der Waals surface area contributed by atoms with Gasteiger partial charge in [0, 0.05) is 5.54 Å². The van der Waals surface area contributed by atoms with E-state index in [1.807, 2.05) is 24.3 Å². The summed E-state index contributed by atoms with van der Waals surface area (Å²) in [6.07, 6.45) is 3.65. The molecule has 0 aliphatic carbocycles. The van der Waals surface area contributed by atoms with Gasteiger partial charge in [0.25, 0.3) is 0 Å². The maximum Gasteiger partial charge on any atom is 0.180 e. The zero-order chi connectivity index (χ0) is 19.5. The molecule has 0 saturated heterocycles. The number of methoxy groups -OCH3 is 1. The third kappa shape index (κ3) is 4.53. The van der Waals surface area contributed by atoms with Crippen LogP contribution in [-0.4, -0.2) is 26.8 Å². The second-order valence-corrected chi connectivity index (χ2v) is 9.35. The van der Waals surface area contributed by atoms with Gasteiger partial charge < -0.3 is 4.74 Å². The number of hydrogen-bond acceptors (Lipinski definition) is 4. The molecule has 2 aromatic carbocycles.